The van der Waals surface area contributed by atoms with Crippen molar-refractivity contribution in [1.82, 2.24) is 4.98 Å². The number of hydrogen-bond acceptors (Lipinski definition) is 8. The average molecular weight is 619 g/mol. The predicted molar refractivity (Wildman–Crippen MR) is 180 cm³/mol. The number of nitrogens with zero attached hydrogens (tertiary/aromatic N) is 3. The molecule has 1 aliphatic carbocycles. The number of hydrogen-bond donors (Lipinski definition) is 3. The molecule has 46 heavy (non-hydrogen) atoms. The standard InChI is InChI=1S/C21H23N3.C15H12N2O5/c22-15-16-10-12-24(13-11-16)21-7-3-6-20(23-21)19-9-8-17-4-1-2-5-18(17)14-19;1-17(2)7-3-4-9-11(5-7)22-14-12(16-9)8(15(20)21)6-10(18)13(14)19/h1-9,14,16H,10-13,15,22H2;3-6,19H,1-2H3,(H,20,21)/p+1. The lowest BCUT2D eigenvalue weighted by Crippen LogP contribution is -2.36. The molecule has 0 unspecified atom stereocenters. The molecule has 234 valence electrons. The second-order valence-corrected chi connectivity index (χ2v) is 11.7. The maximum Gasteiger partial charge on any atom is 0.342 e. The number of aromatic nitrogens is 2. The summed E-state index contributed by atoms with van der Waals surface area (Å²) in [6.45, 7) is 2.91. The lowest BCUT2D eigenvalue weighted by atomic mass is 9.97. The Morgan fingerprint density at radius 1 is 1.00 bits per heavy atom. The first-order valence-corrected chi connectivity index (χ1v) is 15.2. The maximum absolute atomic E-state index is 11.7. The van der Waals surface area contributed by atoms with E-state index in [1.807, 2.05) is 25.1 Å². The molecule has 0 saturated carbocycles. The highest BCUT2D eigenvalue weighted by atomic mass is 16.4. The van der Waals surface area contributed by atoms with Crippen LogP contribution in [0.25, 0.3) is 44.6 Å². The first kappa shape index (κ1) is 30.5. The number of piperidine rings is 1. The molecule has 0 bridgehead atoms. The van der Waals surface area contributed by atoms with Gasteiger partial charge in [0.05, 0.1) is 5.69 Å². The van der Waals surface area contributed by atoms with Crippen LogP contribution in [0.1, 0.15) is 23.2 Å². The number of H-pyrrole nitrogens is 1. The number of carbonyl (C=O) groups is 1. The minimum Gasteiger partial charge on any atom is -0.501 e. The normalized spacial score (nSPS) is 13.5. The van der Waals surface area contributed by atoms with Gasteiger partial charge >= 0.3 is 5.97 Å². The minimum atomic E-state index is -1.28. The van der Waals surface area contributed by atoms with Gasteiger partial charge in [-0.3, -0.25) is 4.79 Å². The summed E-state index contributed by atoms with van der Waals surface area (Å²) in [6.07, 6.45) is 2.33. The number of aromatic amines is 1. The SMILES string of the molecule is CN(C)c1ccc2[nH+]c3c(C(=O)O)cc(=O)c(O)c-3oc2c1.NCC1CCN(c2cccc(-c3ccc4ccccc4c3)n2)CC1. The fraction of sp³-hybridized carbons (Fsp3) is 0.222. The number of fused-ring (bicyclic) bond motifs is 3. The van der Waals surface area contributed by atoms with Gasteiger partial charge < -0.3 is 30.2 Å². The monoisotopic (exact) mass is 618 g/mol. The van der Waals surface area contributed by atoms with Crippen LogP contribution in [-0.4, -0.2) is 54.9 Å². The molecule has 1 fully saturated rings. The second kappa shape index (κ2) is 12.9. The van der Waals surface area contributed by atoms with Crippen LogP contribution in [0.5, 0.6) is 5.75 Å². The van der Waals surface area contributed by atoms with E-state index in [9.17, 15) is 19.8 Å². The summed E-state index contributed by atoms with van der Waals surface area (Å²) in [5.41, 5.74) is 8.84. The van der Waals surface area contributed by atoms with Crippen LogP contribution < -0.4 is 25.9 Å². The highest BCUT2D eigenvalue weighted by Crippen LogP contribution is 2.31. The Morgan fingerprint density at radius 3 is 2.48 bits per heavy atom. The molecule has 4 aromatic rings. The molecule has 0 amide bonds. The quantitative estimate of drug-likeness (QED) is 0.220. The highest BCUT2D eigenvalue weighted by Gasteiger charge is 2.30. The molecule has 3 aliphatic rings. The number of aromatic hydroxyl groups is 1. The second-order valence-electron chi connectivity index (χ2n) is 11.7. The summed E-state index contributed by atoms with van der Waals surface area (Å²) in [4.78, 5) is 35.0. The van der Waals surface area contributed by atoms with Crippen molar-refractivity contribution in [2.45, 2.75) is 12.8 Å². The number of rotatable bonds is 5. The smallest absolute Gasteiger partial charge is 0.342 e. The molecule has 0 radical (unpaired) electrons. The fourth-order valence-electron chi connectivity index (χ4n) is 5.74. The van der Waals surface area contributed by atoms with Crippen molar-refractivity contribution < 1.29 is 24.4 Å². The van der Waals surface area contributed by atoms with Gasteiger partial charge in [-0.15, -0.1) is 0 Å². The predicted octanol–water partition coefficient (Wildman–Crippen LogP) is 5.26. The van der Waals surface area contributed by atoms with Crippen LogP contribution in [0.3, 0.4) is 0 Å². The highest BCUT2D eigenvalue weighted by molar-refractivity contribution is 5.95. The molecule has 2 aliphatic heterocycles. The zero-order valence-corrected chi connectivity index (χ0v) is 25.7. The summed E-state index contributed by atoms with van der Waals surface area (Å²) in [5, 5.41) is 21.6. The summed E-state index contributed by atoms with van der Waals surface area (Å²) < 4.78 is 5.57. The molecule has 1 saturated heterocycles. The van der Waals surface area contributed by atoms with Crippen molar-refractivity contribution in [2.24, 2.45) is 11.7 Å². The Balaban J connectivity index is 0.000000162. The van der Waals surface area contributed by atoms with E-state index in [2.05, 4.69) is 70.5 Å². The molecule has 0 spiro atoms. The summed E-state index contributed by atoms with van der Waals surface area (Å²) >= 11 is 0. The first-order valence-electron chi connectivity index (χ1n) is 15.2. The van der Waals surface area contributed by atoms with E-state index >= 15 is 0 Å². The van der Waals surface area contributed by atoms with E-state index in [-0.39, 0.29) is 17.0 Å². The molecule has 7 rings (SSSR count). The van der Waals surface area contributed by atoms with Crippen molar-refractivity contribution in [2.75, 3.05) is 43.5 Å². The van der Waals surface area contributed by atoms with Crippen LogP contribution in [0.4, 0.5) is 11.5 Å². The van der Waals surface area contributed by atoms with Gasteiger partial charge in [0.2, 0.25) is 28.0 Å². The topological polar surface area (TPSA) is 147 Å². The van der Waals surface area contributed by atoms with Crippen LogP contribution in [0.2, 0.25) is 0 Å². The molecule has 0 atom stereocenters. The van der Waals surface area contributed by atoms with Gasteiger partial charge in [0.25, 0.3) is 5.69 Å². The first-order chi connectivity index (χ1) is 22.2. The molecular formula is C36H36N5O5+. The van der Waals surface area contributed by atoms with E-state index in [0.29, 0.717) is 17.0 Å². The van der Waals surface area contributed by atoms with Crippen LogP contribution in [-0.2, 0) is 0 Å². The third-order valence-electron chi connectivity index (χ3n) is 8.46. The Kier molecular flexibility index (Phi) is 8.54. The Labute approximate surface area is 265 Å². The van der Waals surface area contributed by atoms with Gasteiger partial charge in [0, 0.05) is 56.6 Å². The lowest BCUT2D eigenvalue weighted by molar-refractivity contribution is -0.334. The minimum absolute atomic E-state index is 0.0645. The van der Waals surface area contributed by atoms with Gasteiger partial charge in [0.1, 0.15) is 11.4 Å². The number of phenols is 1. The molecule has 3 heterocycles. The number of benzene rings is 4. The van der Waals surface area contributed by atoms with Gasteiger partial charge in [-0.1, -0.05) is 42.5 Å². The number of pyridine rings is 1. The Morgan fingerprint density at radius 2 is 1.76 bits per heavy atom. The van der Waals surface area contributed by atoms with Crippen molar-refractivity contribution >= 4 is 39.3 Å². The van der Waals surface area contributed by atoms with Gasteiger partial charge in [0.15, 0.2) is 0 Å². The number of phenolic OH excluding ortho intramolecular Hbond substituents is 1. The van der Waals surface area contributed by atoms with Crippen molar-refractivity contribution in [3.8, 4) is 28.5 Å². The van der Waals surface area contributed by atoms with E-state index < -0.39 is 17.1 Å². The van der Waals surface area contributed by atoms with Gasteiger partial charge in [-0.25, -0.2) is 9.78 Å². The van der Waals surface area contributed by atoms with Gasteiger partial charge in [-0.2, -0.15) is 4.98 Å². The molecule has 10 heteroatoms. The van der Waals surface area contributed by atoms with E-state index in [4.69, 9.17) is 15.1 Å². The van der Waals surface area contributed by atoms with E-state index in [0.717, 1.165) is 42.9 Å². The van der Waals surface area contributed by atoms with Crippen molar-refractivity contribution in [3.63, 3.8) is 0 Å². The summed E-state index contributed by atoms with van der Waals surface area (Å²) in [6, 6.07) is 27.5. The molecule has 10 nitrogen and oxygen atoms in total. The van der Waals surface area contributed by atoms with Crippen LogP contribution in [0, 0.1) is 5.92 Å². The van der Waals surface area contributed by atoms with E-state index in [1.54, 1.807) is 12.1 Å². The summed E-state index contributed by atoms with van der Waals surface area (Å²) in [5.74, 6) is -0.319. The third-order valence-corrected chi connectivity index (χ3v) is 8.46. The number of nitrogens with one attached hydrogen (secondary N) is 1. The lowest BCUT2D eigenvalue weighted by Gasteiger charge is -2.32. The number of nitrogens with two attached hydrogens (primary N) is 1. The number of carboxylic acid groups (broad SMARTS) is 1. The van der Waals surface area contributed by atoms with E-state index in [1.165, 1.54) is 29.2 Å². The third kappa shape index (κ3) is 6.20. The van der Waals surface area contributed by atoms with Crippen molar-refractivity contribution in [1.29, 1.82) is 0 Å². The zero-order chi connectivity index (χ0) is 32.4. The zero-order valence-electron chi connectivity index (χ0n) is 25.7. The Bertz CT molecular complexity index is 2070. The fourth-order valence-corrected chi connectivity index (χ4v) is 5.74. The largest absolute Gasteiger partial charge is 0.501 e. The van der Waals surface area contributed by atoms with Crippen LogP contribution >= 0.6 is 0 Å². The molecule has 5 N–H and O–H groups in total. The van der Waals surface area contributed by atoms with Gasteiger partial charge in [-0.05, 0) is 60.3 Å². The van der Waals surface area contributed by atoms with Crippen LogP contribution in [0.15, 0.2) is 94.1 Å². The maximum atomic E-state index is 11.7. The number of carboxylic acids is 1. The molecule has 1 aromatic heterocycles. The summed E-state index contributed by atoms with van der Waals surface area (Å²) in [7, 11) is 3.73. The molecular weight excluding hydrogens is 582 g/mol. The molecule has 3 aromatic carbocycles. The van der Waals surface area contributed by atoms with Crippen molar-refractivity contribution in [3.05, 3.63) is 101 Å². The average Bonchev–Trinajstić information content (AvgIpc) is 3.09. The number of anilines is 2. The Hall–Kier alpha value is -5.48. The number of aromatic carboxylic acids is 1.